The van der Waals surface area contributed by atoms with Gasteiger partial charge in [-0.2, -0.15) is 0 Å². The quantitative estimate of drug-likeness (QED) is 0.821. The fourth-order valence-corrected chi connectivity index (χ4v) is 2.89. The van der Waals surface area contributed by atoms with Crippen molar-refractivity contribution in [2.24, 2.45) is 0 Å². The van der Waals surface area contributed by atoms with Gasteiger partial charge < -0.3 is 14.5 Å². The zero-order valence-corrected chi connectivity index (χ0v) is 13.0. The zero-order valence-electron chi connectivity index (χ0n) is 12.2. The Morgan fingerprint density at radius 1 is 1.14 bits per heavy atom. The summed E-state index contributed by atoms with van der Waals surface area (Å²) in [6.45, 7) is 0.335. The molecule has 0 aliphatic carbocycles. The van der Waals surface area contributed by atoms with E-state index in [4.69, 9.17) is 9.47 Å². The van der Waals surface area contributed by atoms with Gasteiger partial charge in [0, 0.05) is 23.1 Å². The predicted octanol–water partition coefficient (Wildman–Crippen LogP) is 1.66. The summed E-state index contributed by atoms with van der Waals surface area (Å²) < 4.78 is 9.70. The number of halogens is 1. The van der Waals surface area contributed by atoms with Gasteiger partial charge in [-0.05, 0) is 11.6 Å². The highest BCUT2D eigenvalue weighted by atomic mass is 35.5. The topological polar surface area (TPSA) is 80.4 Å². The van der Waals surface area contributed by atoms with E-state index < -0.39 is 12.0 Å². The highest BCUT2D eigenvalue weighted by Crippen LogP contribution is 2.37. The van der Waals surface area contributed by atoms with E-state index in [1.807, 2.05) is 24.3 Å². The van der Waals surface area contributed by atoms with Crippen LogP contribution in [0.25, 0.3) is 10.9 Å². The van der Waals surface area contributed by atoms with Gasteiger partial charge >= 0.3 is 11.9 Å². The molecule has 1 aliphatic rings. The molecule has 1 aliphatic heterocycles. The Labute approximate surface area is 133 Å². The normalized spacial score (nSPS) is 19.9. The van der Waals surface area contributed by atoms with Crippen LogP contribution in [0.4, 0.5) is 0 Å². The van der Waals surface area contributed by atoms with Crippen molar-refractivity contribution < 1.29 is 19.1 Å². The number of aromatic nitrogens is 1. The summed E-state index contributed by atoms with van der Waals surface area (Å²) in [4.78, 5) is 27.2. The second-order valence-corrected chi connectivity index (χ2v) is 4.94. The lowest BCUT2D eigenvalue weighted by Crippen LogP contribution is -2.40. The minimum Gasteiger partial charge on any atom is -0.469 e. The molecule has 0 radical (unpaired) electrons. The van der Waals surface area contributed by atoms with Crippen molar-refractivity contribution in [2.45, 2.75) is 12.0 Å². The molecule has 0 bridgehead atoms. The molecule has 2 aromatic rings. The molecule has 0 saturated carbocycles. The van der Waals surface area contributed by atoms with Crippen molar-refractivity contribution in [3.8, 4) is 0 Å². The molecule has 2 unspecified atom stereocenters. The molecule has 3 rings (SSSR count). The van der Waals surface area contributed by atoms with Gasteiger partial charge in [-0.25, -0.2) is 4.79 Å². The number of fused-ring (bicyclic) bond motifs is 3. The maximum absolute atomic E-state index is 12.0. The van der Waals surface area contributed by atoms with Crippen LogP contribution in [0.5, 0.6) is 0 Å². The van der Waals surface area contributed by atoms with Gasteiger partial charge in [-0.15, -0.1) is 12.4 Å². The lowest BCUT2D eigenvalue weighted by molar-refractivity contribution is -0.146. The first-order chi connectivity index (χ1) is 10.2. The van der Waals surface area contributed by atoms with Crippen molar-refractivity contribution in [1.82, 2.24) is 10.3 Å². The Hall–Kier alpha value is -2.05. The number of H-pyrrole nitrogens is 1. The van der Waals surface area contributed by atoms with Crippen LogP contribution in [0.3, 0.4) is 0 Å². The van der Waals surface area contributed by atoms with Crippen molar-refractivity contribution in [1.29, 1.82) is 0 Å². The Balaban J connectivity index is 0.00000176. The van der Waals surface area contributed by atoms with E-state index in [1.54, 1.807) is 0 Å². The van der Waals surface area contributed by atoms with Gasteiger partial charge in [-0.1, -0.05) is 18.2 Å². The van der Waals surface area contributed by atoms with E-state index in [2.05, 4.69) is 10.3 Å². The maximum Gasteiger partial charge on any atom is 0.329 e. The van der Waals surface area contributed by atoms with E-state index in [9.17, 15) is 9.59 Å². The number of carbonyl (C=O) groups is 2. The standard InChI is InChI=1S/C15H16N2O4.ClH/c1-20-14(18)9-7-16-13(15(19)21-2)12-11(9)8-5-3-4-6-10(8)17-12;/h3-6,9,13,16-17H,7H2,1-2H3;1H. The Morgan fingerprint density at radius 3 is 2.50 bits per heavy atom. The van der Waals surface area contributed by atoms with Crippen molar-refractivity contribution >= 4 is 35.2 Å². The summed E-state index contributed by atoms with van der Waals surface area (Å²) in [6.07, 6.45) is 0. The van der Waals surface area contributed by atoms with Gasteiger partial charge in [0.2, 0.25) is 0 Å². The zero-order chi connectivity index (χ0) is 15.0. The Bertz CT molecular complexity index is 713. The fraction of sp³-hybridized carbons (Fsp3) is 0.333. The van der Waals surface area contributed by atoms with Gasteiger partial charge in [0.05, 0.1) is 20.1 Å². The summed E-state index contributed by atoms with van der Waals surface area (Å²) in [5.41, 5.74) is 2.37. The molecule has 2 heterocycles. The molecule has 0 spiro atoms. The number of ether oxygens (including phenoxy) is 2. The summed E-state index contributed by atoms with van der Waals surface area (Å²) in [5, 5.41) is 3.97. The molecule has 1 aromatic carbocycles. The van der Waals surface area contributed by atoms with Gasteiger partial charge in [0.15, 0.2) is 0 Å². The predicted molar refractivity (Wildman–Crippen MR) is 83.1 cm³/mol. The van der Waals surface area contributed by atoms with E-state index in [-0.39, 0.29) is 24.3 Å². The van der Waals surface area contributed by atoms with Crippen LogP contribution in [0, 0.1) is 0 Å². The summed E-state index contributed by atoms with van der Waals surface area (Å²) in [7, 11) is 2.71. The molecular formula is C15H17ClN2O4. The molecule has 0 saturated heterocycles. The summed E-state index contributed by atoms with van der Waals surface area (Å²) in [5.74, 6) is -1.15. The number of nitrogens with one attached hydrogen (secondary N) is 2. The lowest BCUT2D eigenvalue weighted by atomic mass is 9.89. The first-order valence-corrected chi connectivity index (χ1v) is 6.67. The third-order valence-corrected chi connectivity index (χ3v) is 3.86. The van der Waals surface area contributed by atoms with Crippen LogP contribution in [0.2, 0.25) is 0 Å². The smallest absolute Gasteiger partial charge is 0.329 e. The van der Waals surface area contributed by atoms with Crippen LogP contribution in [-0.2, 0) is 19.1 Å². The third kappa shape index (κ3) is 2.44. The van der Waals surface area contributed by atoms with E-state index in [0.717, 1.165) is 16.5 Å². The number of hydrogen-bond acceptors (Lipinski definition) is 5. The van der Waals surface area contributed by atoms with Crippen molar-refractivity contribution in [2.75, 3.05) is 20.8 Å². The van der Waals surface area contributed by atoms with Crippen molar-refractivity contribution in [3.63, 3.8) is 0 Å². The molecule has 22 heavy (non-hydrogen) atoms. The number of esters is 2. The highest BCUT2D eigenvalue weighted by molar-refractivity contribution is 5.94. The molecule has 7 heteroatoms. The van der Waals surface area contributed by atoms with E-state index in [1.165, 1.54) is 14.2 Å². The molecule has 0 amide bonds. The lowest BCUT2D eigenvalue weighted by Gasteiger charge is -2.27. The second kappa shape index (κ2) is 6.37. The van der Waals surface area contributed by atoms with E-state index >= 15 is 0 Å². The number of carbonyl (C=O) groups excluding carboxylic acids is 2. The van der Waals surface area contributed by atoms with Crippen molar-refractivity contribution in [3.05, 3.63) is 35.5 Å². The van der Waals surface area contributed by atoms with Crippen LogP contribution < -0.4 is 5.32 Å². The van der Waals surface area contributed by atoms with Gasteiger partial charge in [0.25, 0.3) is 0 Å². The molecule has 0 fully saturated rings. The Morgan fingerprint density at radius 2 is 1.82 bits per heavy atom. The summed E-state index contributed by atoms with van der Waals surface area (Å²) in [6, 6.07) is 7.05. The van der Waals surface area contributed by atoms with Gasteiger partial charge in [-0.3, -0.25) is 10.1 Å². The average molecular weight is 325 g/mol. The Kier molecular flexibility index (Phi) is 4.73. The van der Waals surface area contributed by atoms with Crippen LogP contribution in [-0.4, -0.2) is 37.7 Å². The molecule has 6 nitrogen and oxygen atoms in total. The van der Waals surface area contributed by atoms with E-state index in [0.29, 0.717) is 12.2 Å². The first kappa shape index (κ1) is 16.3. The number of hydrogen-bond donors (Lipinski definition) is 2. The molecule has 1 aromatic heterocycles. The SMILES string of the molecule is COC(=O)C1CNC(C(=O)OC)c2[nH]c3ccccc3c21.Cl. The molecule has 2 N–H and O–H groups in total. The second-order valence-electron chi connectivity index (χ2n) is 4.94. The van der Waals surface area contributed by atoms with Crippen LogP contribution >= 0.6 is 12.4 Å². The summed E-state index contributed by atoms with van der Waals surface area (Å²) >= 11 is 0. The number of benzene rings is 1. The minimum atomic E-state index is -0.599. The monoisotopic (exact) mass is 324 g/mol. The minimum absolute atomic E-state index is 0. The molecule has 118 valence electrons. The maximum atomic E-state index is 12.0. The first-order valence-electron chi connectivity index (χ1n) is 6.67. The van der Waals surface area contributed by atoms with Crippen LogP contribution in [0.15, 0.2) is 24.3 Å². The largest absolute Gasteiger partial charge is 0.469 e. The highest BCUT2D eigenvalue weighted by Gasteiger charge is 2.38. The fourth-order valence-electron chi connectivity index (χ4n) is 2.89. The number of para-hydroxylation sites is 1. The van der Waals surface area contributed by atoms with Gasteiger partial charge in [0.1, 0.15) is 6.04 Å². The number of rotatable bonds is 2. The molecule has 2 atom stereocenters. The number of aromatic amines is 1. The number of methoxy groups -OCH3 is 2. The average Bonchev–Trinajstić information content (AvgIpc) is 2.92. The third-order valence-electron chi connectivity index (χ3n) is 3.86. The molecular weight excluding hydrogens is 308 g/mol. The van der Waals surface area contributed by atoms with Crippen LogP contribution in [0.1, 0.15) is 23.2 Å².